The summed E-state index contributed by atoms with van der Waals surface area (Å²) in [6, 6.07) is 27.0. The van der Waals surface area contributed by atoms with Crippen molar-refractivity contribution in [2.45, 2.75) is 6.92 Å². The fourth-order valence-corrected chi connectivity index (χ4v) is 4.97. The standard InChI is InChI=1S/C27H22ClN5OS/c1-19-25(26(34)33(31(19)2)22-14-7-4-8-15-22)32-24(20-11-5-3-6-12-20)18-35-27(32)30-29-17-21-13-9-10-16-23(21)28/h3-18H,1-2H3. The van der Waals surface area contributed by atoms with Crippen molar-refractivity contribution >= 4 is 29.2 Å². The first-order valence-corrected chi connectivity index (χ1v) is 12.2. The molecule has 2 aromatic heterocycles. The molecule has 0 spiro atoms. The summed E-state index contributed by atoms with van der Waals surface area (Å²) in [5.74, 6) is 0. The number of hydrogen-bond donors (Lipinski definition) is 0. The van der Waals surface area contributed by atoms with Gasteiger partial charge in [0, 0.05) is 23.0 Å². The third-order valence-corrected chi connectivity index (χ3v) is 6.93. The van der Waals surface area contributed by atoms with Gasteiger partial charge in [-0.25, -0.2) is 4.68 Å². The van der Waals surface area contributed by atoms with Crippen LogP contribution in [0.15, 0.2) is 105 Å². The minimum absolute atomic E-state index is 0.136. The lowest BCUT2D eigenvalue weighted by molar-refractivity contribution is 0.630. The molecule has 5 rings (SSSR count). The van der Waals surface area contributed by atoms with Crippen LogP contribution in [0.25, 0.3) is 22.6 Å². The number of aromatic nitrogens is 3. The SMILES string of the molecule is Cc1c(-n2c(-c3ccccc3)csc2=NN=Cc2ccccc2Cl)c(=O)n(-c2ccccc2)n1C. The molecule has 5 aromatic rings. The summed E-state index contributed by atoms with van der Waals surface area (Å²) in [4.78, 5) is 14.4. The lowest BCUT2D eigenvalue weighted by Gasteiger charge is -2.08. The molecule has 6 nitrogen and oxygen atoms in total. The van der Waals surface area contributed by atoms with Crippen LogP contribution in [-0.4, -0.2) is 20.1 Å². The molecule has 0 amide bonds. The summed E-state index contributed by atoms with van der Waals surface area (Å²) in [5.41, 5.74) is 4.62. The first-order chi connectivity index (χ1) is 17.1. The second-order valence-electron chi connectivity index (χ2n) is 7.88. The number of nitrogens with zero attached hydrogens (tertiary/aromatic N) is 5. The summed E-state index contributed by atoms with van der Waals surface area (Å²) in [5, 5.41) is 11.4. The molecule has 35 heavy (non-hydrogen) atoms. The molecule has 8 heteroatoms. The second kappa shape index (κ2) is 9.74. The Morgan fingerprint density at radius 1 is 0.914 bits per heavy atom. The van der Waals surface area contributed by atoms with Crippen molar-refractivity contribution in [2.75, 3.05) is 0 Å². The van der Waals surface area contributed by atoms with E-state index < -0.39 is 0 Å². The van der Waals surface area contributed by atoms with Crippen LogP contribution >= 0.6 is 22.9 Å². The van der Waals surface area contributed by atoms with E-state index >= 15 is 0 Å². The highest BCUT2D eigenvalue weighted by Gasteiger charge is 2.21. The fourth-order valence-electron chi connectivity index (χ4n) is 3.94. The number of thiazole rings is 1. The predicted molar refractivity (Wildman–Crippen MR) is 143 cm³/mol. The van der Waals surface area contributed by atoms with Crippen LogP contribution < -0.4 is 10.4 Å². The van der Waals surface area contributed by atoms with Gasteiger partial charge in [-0.15, -0.1) is 16.4 Å². The minimum Gasteiger partial charge on any atom is -0.283 e. The van der Waals surface area contributed by atoms with Crippen molar-refractivity contribution in [2.24, 2.45) is 17.3 Å². The maximum Gasteiger partial charge on any atom is 0.296 e. The van der Waals surface area contributed by atoms with Crippen molar-refractivity contribution in [1.29, 1.82) is 0 Å². The quantitative estimate of drug-likeness (QED) is 0.229. The lowest BCUT2D eigenvalue weighted by atomic mass is 10.1. The van der Waals surface area contributed by atoms with Crippen LogP contribution in [-0.2, 0) is 7.05 Å². The Bertz CT molecular complexity index is 1640. The topological polar surface area (TPSA) is 56.6 Å². The van der Waals surface area contributed by atoms with Gasteiger partial charge in [-0.3, -0.25) is 14.0 Å². The third kappa shape index (κ3) is 4.32. The van der Waals surface area contributed by atoms with Crippen molar-refractivity contribution in [1.82, 2.24) is 13.9 Å². The summed E-state index contributed by atoms with van der Waals surface area (Å²) < 4.78 is 5.42. The van der Waals surface area contributed by atoms with Gasteiger partial charge < -0.3 is 0 Å². The number of benzene rings is 3. The molecule has 0 aliphatic heterocycles. The van der Waals surface area contributed by atoms with Crippen molar-refractivity contribution in [3.63, 3.8) is 0 Å². The molecule has 174 valence electrons. The smallest absolute Gasteiger partial charge is 0.283 e. The molecule has 0 radical (unpaired) electrons. The van der Waals surface area contributed by atoms with Crippen molar-refractivity contribution in [3.8, 4) is 22.6 Å². The molecular formula is C27H22ClN5OS. The summed E-state index contributed by atoms with van der Waals surface area (Å²) in [6.45, 7) is 1.94. The van der Waals surface area contributed by atoms with E-state index in [4.69, 9.17) is 11.6 Å². The molecule has 0 aliphatic rings. The number of rotatable bonds is 5. The molecule has 0 N–H and O–H groups in total. The van der Waals surface area contributed by atoms with E-state index in [2.05, 4.69) is 10.2 Å². The average molecular weight is 500 g/mol. The Morgan fingerprint density at radius 3 is 2.29 bits per heavy atom. The van der Waals surface area contributed by atoms with E-state index in [9.17, 15) is 4.79 Å². The van der Waals surface area contributed by atoms with Crippen LogP contribution in [0, 0.1) is 6.92 Å². The van der Waals surface area contributed by atoms with Gasteiger partial charge in [0.15, 0.2) is 0 Å². The number of halogens is 1. The second-order valence-corrected chi connectivity index (χ2v) is 9.12. The van der Waals surface area contributed by atoms with Gasteiger partial charge in [0.25, 0.3) is 5.56 Å². The first kappa shape index (κ1) is 22.8. The average Bonchev–Trinajstić information content (AvgIpc) is 3.38. The largest absolute Gasteiger partial charge is 0.296 e. The molecule has 0 saturated heterocycles. The van der Waals surface area contributed by atoms with E-state index in [1.165, 1.54) is 11.3 Å². The highest BCUT2D eigenvalue weighted by molar-refractivity contribution is 7.07. The predicted octanol–water partition coefficient (Wildman–Crippen LogP) is 5.59. The molecule has 0 aliphatic carbocycles. The zero-order valence-corrected chi connectivity index (χ0v) is 20.7. The van der Waals surface area contributed by atoms with Gasteiger partial charge in [0.1, 0.15) is 5.69 Å². The molecule has 0 saturated carbocycles. The Hall–Kier alpha value is -3.94. The molecular weight excluding hydrogens is 478 g/mol. The van der Waals surface area contributed by atoms with Crippen LogP contribution in [0.4, 0.5) is 0 Å². The molecule has 0 unspecified atom stereocenters. The Balaban J connectivity index is 1.74. The summed E-state index contributed by atoms with van der Waals surface area (Å²) >= 11 is 7.68. The van der Waals surface area contributed by atoms with Crippen LogP contribution in [0.1, 0.15) is 11.3 Å². The number of hydrogen-bond acceptors (Lipinski definition) is 4. The highest BCUT2D eigenvalue weighted by atomic mass is 35.5. The molecule has 0 atom stereocenters. The molecule has 3 aromatic carbocycles. The van der Waals surface area contributed by atoms with Gasteiger partial charge in [-0.1, -0.05) is 78.3 Å². The van der Waals surface area contributed by atoms with Crippen LogP contribution in [0.3, 0.4) is 0 Å². The third-order valence-electron chi connectivity index (χ3n) is 5.77. The monoisotopic (exact) mass is 499 g/mol. The van der Waals surface area contributed by atoms with Gasteiger partial charge in [-0.05, 0) is 30.7 Å². The van der Waals surface area contributed by atoms with Crippen molar-refractivity contribution < 1.29 is 0 Å². The Kier molecular flexibility index (Phi) is 6.35. The van der Waals surface area contributed by atoms with E-state index in [1.807, 2.05) is 107 Å². The molecule has 2 heterocycles. The Morgan fingerprint density at radius 2 is 1.57 bits per heavy atom. The number of para-hydroxylation sites is 1. The maximum atomic E-state index is 13.8. The first-order valence-electron chi connectivity index (χ1n) is 11.0. The summed E-state index contributed by atoms with van der Waals surface area (Å²) in [7, 11) is 1.88. The lowest BCUT2D eigenvalue weighted by Crippen LogP contribution is -2.24. The molecule has 0 bridgehead atoms. The Labute approximate surface area is 211 Å². The maximum absolute atomic E-state index is 13.8. The highest BCUT2D eigenvalue weighted by Crippen LogP contribution is 2.24. The van der Waals surface area contributed by atoms with Crippen LogP contribution in [0.2, 0.25) is 5.02 Å². The van der Waals surface area contributed by atoms with Gasteiger partial charge in [0.05, 0.1) is 23.3 Å². The van der Waals surface area contributed by atoms with E-state index in [0.717, 1.165) is 28.2 Å². The van der Waals surface area contributed by atoms with Gasteiger partial charge in [0.2, 0.25) is 4.80 Å². The van der Waals surface area contributed by atoms with Gasteiger partial charge >= 0.3 is 0 Å². The minimum atomic E-state index is -0.136. The van der Waals surface area contributed by atoms with Crippen molar-refractivity contribution in [3.05, 3.63) is 122 Å². The van der Waals surface area contributed by atoms with Gasteiger partial charge in [-0.2, -0.15) is 5.10 Å². The van der Waals surface area contributed by atoms with E-state index in [0.29, 0.717) is 15.5 Å². The molecule has 0 fully saturated rings. The van der Waals surface area contributed by atoms with E-state index in [1.54, 1.807) is 17.0 Å². The zero-order chi connectivity index (χ0) is 24.4. The van der Waals surface area contributed by atoms with E-state index in [-0.39, 0.29) is 5.56 Å². The van der Waals surface area contributed by atoms with Crippen LogP contribution in [0.5, 0.6) is 0 Å². The summed E-state index contributed by atoms with van der Waals surface area (Å²) in [6.07, 6.45) is 1.62. The zero-order valence-electron chi connectivity index (χ0n) is 19.2. The normalized spacial score (nSPS) is 12.0. The fraction of sp³-hybridized carbons (Fsp3) is 0.0741.